The highest BCUT2D eigenvalue weighted by molar-refractivity contribution is 5.79. The van der Waals surface area contributed by atoms with E-state index < -0.39 is 5.54 Å². The molecule has 18 heavy (non-hydrogen) atoms. The Morgan fingerprint density at radius 2 is 2.00 bits per heavy atom. The zero-order valence-electron chi connectivity index (χ0n) is 11.6. The Morgan fingerprint density at radius 1 is 1.39 bits per heavy atom. The molecule has 2 atom stereocenters. The Morgan fingerprint density at radius 3 is 2.50 bits per heavy atom. The van der Waals surface area contributed by atoms with Crippen LogP contribution in [0.3, 0.4) is 0 Å². The first-order valence-electron chi connectivity index (χ1n) is 6.61. The van der Waals surface area contributed by atoms with E-state index >= 15 is 0 Å². The van der Waals surface area contributed by atoms with Crippen molar-refractivity contribution >= 4 is 5.91 Å². The summed E-state index contributed by atoms with van der Waals surface area (Å²) in [6, 6.07) is 9.88. The molecule has 2 unspecified atom stereocenters. The van der Waals surface area contributed by atoms with Crippen LogP contribution in [-0.2, 0) is 10.3 Å². The molecule has 0 spiro atoms. The summed E-state index contributed by atoms with van der Waals surface area (Å²) in [6.45, 7) is 6.41. The van der Waals surface area contributed by atoms with Crippen molar-refractivity contribution in [3.05, 3.63) is 35.9 Å². The van der Waals surface area contributed by atoms with E-state index in [1.54, 1.807) is 0 Å². The second kappa shape index (κ2) is 6.55. The van der Waals surface area contributed by atoms with Gasteiger partial charge < -0.3 is 11.1 Å². The van der Waals surface area contributed by atoms with E-state index in [-0.39, 0.29) is 11.8 Å². The van der Waals surface area contributed by atoms with Gasteiger partial charge in [-0.1, -0.05) is 50.6 Å². The van der Waals surface area contributed by atoms with Crippen LogP contribution in [0, 0.1) is 5.92 Å². The molecule has 1 aromatic carbocycles. The van der Waals surface area contributed by atoms with Gasteiger partial charge in [-0.25, -0.2) is 0 Å². The lowest BCUT2D eigenvalue weighted by Gasteiger charge is -2.31. The van der Waals surface area contributed by atoms with Crippen LogP contribution in [-0.4, -0.2) is 12.5 Å². The van der Waals surface area contributed by atoms with E-state index in [4.69, 9.17) is 5.73 Å². The first kappa shape index (κ1) is 14.7. The molecule has 3 nitrogen and oxygen atoms in total. The van der Waals surface area contributed by atoms with Gasteiger partial charge in [0, 0.05) is 12.5 Å². The quantitative estimate of drug-likeness (QED) is 0.812. The third-order valence-corrected chi connectivity index (χ3v) is 3.39. The molecule has 0 aromatic heterocycles. The molecule has 1 rings (SSSR count). The fourth-order valence-electron chi connectivity index (χ4n) is 2.01. The van der Waals surface area contributed by atoms with Crippen LogP contribution < -0.4 is 11.1 Å². The number of benzene rings is 1. The number of amides is 1. The summed E-state index contributed by atoms with van der Waals surface area (Å²) in [6.07, 6.45) is 1.92. The average molecular weight is 248 g/mol. The smallest absolute Gasteiger partial charge is 0.223 e. The first-order chi connectivity index (χ1) is 8.53. The first-order valence-corrected chi connectivity index (χ1v) is 6.61. The molecule has 3 N–H and O–H groups in total. The van der Waals surface area contributed by atoms with E-state index in [2.05, 4.69) is 12.2 Å². The molecule has 100 valence electrons. The second-order valence-electron chi connectivity index (χ2n) is 5.08. The van der Waals surface area contributed by atoms with Gasteiger partial charge in [0.2, 0.25) is 5.91 Å². The molecule has 1 aromatic rings. The number of carbonyl (C=O) groups excluding carboxylic acids is 1. The monoisotopic (exact) mass is 248 g/mol. The molecule has 0 fully saturated rings. The maximum atomic E-state index is 12.1. The minimum absolute atomic E-state index is 0.0320. The highest BCUT2D eigenvalue weighted by Crippen LogP contribution is 2.20. The van der Waals surface area contributed by atoms with Crippen LogP contribution >= 0.6 is 0 Å². The molecular weight excluding hydrogens is 224 g/mol. The van der Waals surface area contributed by atoms with Gasteiger partial charge in [-0.2, -0.15) is 0 Å². The summed E-state index contributed by atoms with van der Waals surface area (Å²) in [4.78, 5) is 12.1. The van der Waals surface area contributed by atoms with Crippen molar-refractivity contribution in [2.24, 2.45) is 11.7 Å². The average Bonchev–Trinajstić information content (AvgIpc) is 2.39. The second-order valence-corrected chi connectivity index (χ2v) is 5.08. The minimum Gasteiger partial charge on any atom is -0.345 e. The fraction of sp³-hybridized carbons (Fsp3) is 0.533. The maximum Gasteiger partial charge on any atom is 0.223 e. The molecule has 0 aliphatic carbocycles. The van der Waals surface area contributed by atoms with Gasteiger partial charge in [0.25, 0.3) is 0 Å². The SMILES string of the molecule is CCCC(C)C(=O)NC(C)(CN)c1ccccc1. The predicted octanol–water partition coefficient (Wildman–Crippen LogP) is 2.41. The lowest BCUT2D eigenvalue weighted by molar-refractivity contribution is -0.126. The van der Waals surface area contributed by atoms with Crippen LogP contribution in [0.25, 0.3) is 0 Å². The standard InChI is InChI=1S/C15H24N2O/c1-4-8-12(2)14(18)17-15(3,11-16)13-9-6-5-7-10-13/h5-7,9-10,12H,4,8,11,16H2,1-3H3,(H,17,18). The number of rotatable bonds is 6. The number of hydrogen-bond acceptors (Lipinski definition) is 2. The number of carbonyl (C=O) groups is 1. The molecular formula is C15H24N2O. The van der Waals surface area contributed by atoms with Gasteiger partial charge in [-0.15, -0.1) is 0 Å². The molecule has 0 aliphatic heterocycles. The van der Waals surface area contributed by atoms with E-state index in [9.17, 15) is 4.79 Å². The van der Waals surface area contributed by atoms with E-state index in [0.717, 1.165) is 18.4 Å². The number of hydrogen-bond donors (Lipinski definition) is 2. The fourth-order valence-corrected chi connectivity index (χ4v) is 2.01. The maximum absolute atomic E-state index is 12.1. The van der Waals surface area contributed by atoms with Gasteiger partial charge in [0.15, 0.2) is 0 Å². The summed E-state index contributed by atoms with van der Waals surface area (Å²) in [5.41, 5.74) is 6.41. The highest BCUT2D eigenvalue weighted by Gasteiger charge is 2.28. The third kappa shape index (κ3) is 3.57. The number of nitrogens with one attached hydrogen (secondary N) is 1. The lowest BCUT2D eigenvalue weighted by Crippen LogP contribution is -2.50. The molecule has 0 heterocycles. The van der Waals surface area contributed by atoms with Crippen LogP contribution in [0.1, 0.15) is 39.2 Å². The summed E-state index contributed by atoms with van der Waals surface area (Å²) in [7, 11) is 0. The molecule has 0 saturated heterocycles. The van der Waals surface area contributed by atoms with Crippen LogP contribution in [0.15, 0.2) is 30.3 Å². The van der Waals surface area contributed by atoms with Crippen molar-refractivity contribution in [2.75, 3.05) is 6.54 Å². The van der Waals surface area contributed by atoms with Crippen molar-refractivity contribution in [3.63, 3.8) is 0 Å². The molecule has 0 bridgehead atoms. The van der Waals surface area contributed by atoms with Crippen molar-refractivity contribution in [2.45, 2.75) is 39.2 Å². The summed E-state index contributed by atoms with van der Waals surface area (Å²) in [5, 5.41) is 3.08. The Bertz CT molecular complexity index is 377. The van der Waals surface area contributed by atoms with E-state index in [0.29, 0.717) is 6.54 Å². The molecule has 0 aliphatic rings. The zero-order chi connectivity index (χ0) is 13.6. The number of nitrogens with two attached hydrogens (primary N) is 1. The normalized spacial score (nSPS) is 15.8. The van der Waals surface area contributed by atoms with Crippen LogP contribution in [0.2, 0.25) is 0 Å². The minimum atomic E-state index is -0.486. The summed E-state index contributed by atoms with van der Waals surface area (Å²) < 4.78 is 0. The Kier molecular flexibility index (Phi) is 5.35. The van der Waals surface area contributed by atoms with Crippen LogP contribution in [0.4, 0.5) is 0 Å². The van der Waals surface area contributed by atoms with Gasteiger partial charge in [0.05, 0.1) is 5.54 Å². The van der Waals surface area contributed by atoms with Crippen molar-refractivity contribution in [3.8, 4) is 0 Å². The predicted molar refractivity (Wildman–Crippen MR) is 75.1 cm³/mol. The van der Waals surface area contributed by atoms with Gasteiger partial charge in [-0.05, 0) is 18.9 Å². The van der Waals surface area contributed by atoms with Crippen LogP contribution in [0.5, 0.6) is 0 Å². The Labute approximate surface area is 110 Å². The molecule has 0 radical (unpaired) electrons. The Balaban J connectivity index is 2.81. The van der Waals surface area contributed by atoms with Gasteiger partial charge >= 0.3 is 0 Å². The van der Waals surface area contributed by atoms with Gasteiger partial charge in [0.1, 0.15) is 0 Å². The summed E-state index contributed by atoms with van der Waals surface area (Å²) >= 11 is 0. The molecule has 3 heteroatoms. The molecule has 0 saturated carbocycles. The largest absolute Gasteiger partial charge is 0.345 e. The van der Waals surface area contributed by atoms with E-state index in [1.165, 1.54) is 0 Å². The Hall–Kier alpha value is -1.35. The van der Waals surface area contributed by atoms with E-state index in [1.807, 2.05) is 44.2 Å². The van der Waals surface area contributed by atoms with Crippen molar-refractivity contribution < 1.29 is 4.79 Å². The molecule has 1 amide bonds. The third-order valence-electron chi connectivity index (χ3n) is 3.39. The topological polar surface area (TPSA) is 55.1 Å². The van der Waals surface area contributed by atoms with Gasteiger partial charge in [-0.3, -0.25) is 4.79 Å². The van der Waals surface area contributed by atoms with Crippen molar-refractivity contribution in [1.82, 2.24) is 5.32 Å². The zero-order valence-corrected chi connectivity index (χ0v) is 11.6. The summed E-state index contributed by atoms with van der Waals surface area (Å²) in [5.74, 6) is 0.109. The lowest BCUT2D eigenvalue weighted by atomic mass is 9.91. The van der Waals surface area contributed by atoms with Crippen molar-refractivity contribution in [1.29, 1.82) is 0 Å². The highest BCUT2D eigenvalue weighted by atomic mass is 16.2.